The SMILES string of the molecule is CC[C@H](C)[C@@H]1NC(=O)CNC(=O)[C@@H](CCSC)NC(=O)CNC(=O)[C@@H]2CCCN2C(=O)[C@H](CCSC)NC(=O)[C@@H]2CCCN2C(=O)[C@H](CC(C)C)NC(=O)[C@H](Cc2ccc(O)cc2)NC1=O. The van der Waals surface area contributed by atoms with Crippen molar-refractivity contribution >= 4 is 76.7 Å². The summed E-state index contributed by atoms with van der Waals surface area (Å²) in [6.45, 7) is 6.77. The topological polar surface area (TPSA) is 265 Å². The summed E-state index contributed by atoms with van der Waals surface area (Å²) in [5, 5.41) is 29.0. The lowest BCUT2D eigenvalue weighted by atomic mass is 9.96. The number of carbonyl (C=O) groups is 9. The maximum atomic E-state index is 14.5. The van der Waals surface area contributed by atoms with Gasteiger partial charge < -0.3 is 52.1 Å². The van der Waals surface area contributed by atoms with Gasteiger partial charge in [0.25, 0.3) is 0 Å². The van der Waals surface area contributed by atoms with Crippen LogP contribution in [0.4, 0.5) is 0 Å². The van der Waals surface area contributed by atoms with Crippen molar-refractivity contribution in [2.75, 3.05) is 50.2 Å². The molecule has 0 saturated carbocycles. The van der Waals surface area contributed by atoms with Crippen LogP contribution in [-0.4, -0.2) is 161 Å². The van der Waals surface area contributed by atoms with Crippen molar-refractivity contribution in [1.29, 1.82) is 0 Å². The Morgan fingerprint density at radius 2 is 1.14 bits per heavy atom. The number of nitrogens with one attached hydrogen (secondary N) is 7. The maximum absolute atomic E-state index is 14.5. The molecule has 0 bridgehead atoms. The van der Waals surface area contributed by atoms with Gasteiger partial charge in [0.2, 0.25) is 53.2 Å². The lowest BCUT2D eigenvalue weighted by Crippen LogP contribution is -2.60. The minimum absolute atomic E-state index is 0.00816. The first-order valence-corrected chi connectivity index (χ1v) is 25.7. The average Bonchev–Trinajstić information content (AvgIpc) is 4.00. The maximum Gasteiger partial charge on any atom is 0.245 e. The predicted octanol–water partition coefficient (Wildman–Crippen LogP) is 0.185. The van der Waals surface area contributed by atoms with Gasteiger partial charge in [-0.05, 0) is 98.5 Å². The van der Waals surface area contributed by atoms with Crippen LogP contribution in [0, 0.1) is 11.8 Å². The van der Waals surface area contributed by atoms with Gasteiger partial charge in [-0.2, -0.15) is 23.5 Å². The molecule has 1 aromatic rings. The van der Waals surface area contributed by atoms with Gasteiger partial charge in [0.05, 0.1) is 13.1 Å². The molecule has 3 fully saturated rings. The molecule has 0 aromatic heterocycles. The van der Waals surface area contributed by atoms with Crippen LogP contribution in [0.5, 0.6) is 5.75 Å². The van der Waals surface area contributed by atoms with Crippen LogP contribution in [0.15, 0.2) is 24.3 Å². The highest BCUT2D eigenvalue weighted by Gasteiger charge is 2.42. The summed E-state index contributed by atoms with van der Waals surface area (Å²) >= 11 is 2.92. The Bertz CT molecular complexity index is 1890. The van der Waals surface area contributed by atoms with E-state index in [9.17, 15) is 48.3 Å². The van der Waals surface area contributed by atoms with E-state index in [1.165, 1.54) is 45.5 Å². The molecule has 19 nitrogen and oxygen atoms in total. The summed E-state index contributed by atoms with van der Waals surface area (Å²) in [5.74, 6) is -5.07. The molecule has 0 spiro atoms. The van der Waals surface area contributed by atoms with E-state index in [1.54, 1.807) is 19.1 Å². The van der Waals surface area contributed by atoms with Gasteiger partial charge >= 0.3 is 0 Å². The zero-order valence-electron chi connectivity index (χ0n) is 38.9. The highest BCUT2D eigenvalue weighted by Crippen LogP contribution is 2.24. The number of aromatic hydroxyl groups is 1. The summed E-state index contributed by atoms with van der Waals surface area (Å²) in [6, 6.07) is -1.44. The molecule has 4 rings (SSSR count). The molecule has 3 heterocycles. The van der Waals surface area contributed by atoms with E-state index in [1.807, 2.05) is 33.3 Å². The molecule has 3 aliphatic heterocycles. The van der Waals surface area contributed by atoms with Crippen LogP contribution in [-0.2, 0) is 49.6 Å². The van der Waals surface area contributed by atoms with Crippen LogP contribution in [0.25, 0.3) is 0 Å². The summed E-state index contributed by atoms with van der Waals surface area (Å²) in [4.78, 5) is 128. The molecule has 21 heteroatoms. The minimum atomic E-state index is -1.27. The van der Waals surface area contributed by atoms with Gasteiger partial charge in [0.1, 0.15) is 48.0 Å². The van der Waals surface area contributed by atoms with Crippen molar-refractivity contribution in [3.05, 3.63) is 29.8 Å². The molecule has 66 heavy (non-hydrogen) atoms. The number of nitrogens with zero attached hydrogens (tertiary/aromatic N) is 2. The number of amides is 9. The lowest BCUT2D eigenvalue weighted by molar-refractivity contribution is -0.144. The van der Waals surface area contributed by atoms with E-state index < -0.39 is 114 Å². The molecule has 8 N–H and O–H groups in total. The summed E-state index contributed by atoms with van der Waals surface area (Å²) in [5.41, 5.74) is 0.576. The van der Waals surface area contributed by atoms with Crippen LogP contribution in [0.1, 0.15) is 84.6 Å². The standard InChI is InChI=1S/C45H69N9O10S2/c1-7-27(4)38-43(62)50-32(23-28-12-14-29(55)15-13-28)40(59)51-33(22-26(2)3)45(64)54-19-9-11-35(54)42(61)49-31(17-21-66-6)44(63)53-18-8-10-34(53)41(60)47-24-36(56)48-30(16-20-65-5)39(58)46-25-37(57)52-38/h12-15,26-27,30-35,38,55H,7-11,16-25H2,1-6H3,(H,46,58)(H,47,60)(H,48,56)(H,49,61)(H,50,62)(H,51,59)(H,52,57)/t27-,30+,31-,32-,33-,34-,35-,38-/m0/s1. The second kappa shape index (κ2) is 26.3. The van der Waals surface area contributed by atoms with Gasteiger partial charge in [-0.15, -0.1) is 0 Å². The Labute approximate surface area is 396 Å². The molecule has 9 amide bonds. The van der Waals surface area contributed by atoms with Gasteiger partial charge in [-0.25, -0.2) is 0 Å². The van der Waals surface area contributed by atoms with E-state index in [2.05, 4.69) is 37.2 Å². The molecule has 0 aliphatic carbocycles. The number of carbonyl (C=O) groups excluding carboxylic acids is 9. The zero-order chi connectivity index (χ0) is 48.5. The van der Waals surface area contributed by atoms with Crippen molar-refractivity contribution in [1.82, 2.24) is 47.0 Å². The predicted molar refractivity (Wildman–Crippen MR) is 252 cm³/mol. The quantitative estimate of drug-likeness (QED) is 0.140. The van der Waals surface area contributed by atoms with Crippen molar-refractivity contribution in [2.45, 2.75) is 128 Å². The normalized spacial score (nSPS) is 26.5. The Kier molecular flexibility index (Phi) is 21.4. The van der Waals surface area contributed by atoms with Crippen molar-refractivity contribution < 1.29 is 48.3 Å². The lowest BCUT2D eigenvalue weighted by Gasteiger charge is -2.32. The van der Waals surface area contributed by atoms with Crippen molar-refractivity contribution in [2.24, 2.45) is 11.8 Å². The van der Waals surface area contributed by atoms with Crippen LogP contribution < -0.4 is 37.2 Å². The number of rotatable bonds is 12. The molecule has 0 radical (unpaired) electrons. The number of thioether (sulfide) groups is 2. The number of benzene rings is 1. The van der Waals surface area contributed by atoms with Gasteiger partial charge in [-0.1, -0.05) is 46.2 Å². The third-order valence-corrected chi connectivity index (χ3v) is 13.4. The van der Waals surface area contributed by atoms with Crippen LogP contribution >= 0.6 is 23.5 Å². The van der Waals surface area contributed by atoms with E-state index in [-0.39, 0.29) is 50.4 Å². The van der Waals surface area contributed by atoms with E-state index in [0.29, 0.717) is 49.2 Å². The van der Waals surface area contributed by atoms with Crippen molar-refractivity contribution in [3.8, 4) is 5.75 Å². The smallest absolute Gasteiger partial charge is 0.245 e. The van der Waals surface area contributed by atoms with Gasteiger partial charge in [-0.3, -0.25) is 43.2 Å². The van der Waals surface area contributed by atoms with E-state index >= 15 is 0 Å². The van der Waals surface area contributed by atoms with E-state index in [0.717, 1.165) is 0 Å². The van der Waals surface area contributed by atoms with Crippen molar-refractivity contribution in [3.63, 3.8) is 0 Å². The van der Waals surface area contributed by atoms with Gasteiger partial charge in [0.15, 0.2) is 0 Å². The molecule has 366 valence electrons. The highest BCUT2D eigenvalue weighted by molar-refractivity contribution is 7.98. The Morgan fingerprint density at radius 3 is 1.71 bits per heavy atom. The minimum Gasteiger partial charge on any atom is -0.508 e. The third kappa shape index (κ3) is 15.5. The first-order chi connectivity index (χ1) is 31.5. The van der Waals surface area contributed by atoms with Gasteiger partial charge in [0, 0.05) is 19.5 Å². The number of hydrogen-bond donors (Lipinski definition) is 8. The summed E-state index contributed by atoms with van der Waals surface area (Å²) < 4.78 is 0. The fraction of sp³-hybridized carbons (Fsp3) is 0.667. The van der Waals surface area contributed by atoms with Crippen LogP contribution in [0.2, 0.25) is 0 Å². The number of phenols is 1. The Morgan fingerprint density at radius 1 is 0.621 bits per heavy atom. The second-order valence-electron chi connectivity index (χ2n) is 17.6. The van der Waals surface area contributed by atoms with Crippen LogP contribution in [0.3, 0.4) is 0 Å². The Hall–Kier alpha value is -5.05. The molecular formula is C45H69N9O10S2. The third-order valence-electron chi connectivity index (χ3n) is 12.2. The first-order valence-electron chi connectivity index (χ1n) is 22.9. The first kappa shape index (κ1) is 53.6. The fourth-order valence-electron chi connectivity index (χ4n) is 8.32. The molecule has 0 unspecified atom stereocenters. The largest absolute Gasteiger partial charge is 0.508 e. The number of phenolic OH excluding ortho intramolecular Hbond substituents is 1. The van der Waals surface area contributed by atoms with E-state index in [4.69, 9.17) is 0 Å². The molecule has 1 aromatic carbocycles. The summed E-state index contributed by atoms with van der Waals surface area (Å²) in [7, 11) is 0. The summed E-state index contributed by atoms with van der Waals surface area (Å²) in [6.07, 6.45) is 6.36. The zero-order valence-corrected chi connectivity index (χ0v) is 40.6. The molecule has 3 saturated heterocycles. The average molecular weight is 960 g/mol. The fourth-order valence-corrected chi connectivity index (χ4v) is 9.27. The Balaban J connectivity index is 1.72. The second-order valence-corrected chi connectivity index (χ2v) is 19.6. The monoisotopic (exact) mass is 959 g/mol. The highest BCUT2D eigenvalue weighted by atomic mass is 32.2. The molecule has 3 aliphatic rings. The number of hydrogen-bond acceptors (Lipinski definition) is 12. The molecular weight excluding hydrogens is 891 g/mol. The molecule has 8 atom stereocenters. The number of fused-ring (bicyclic) bond motifs is 2.